The minimum absolute atomic E-state index is 0.0122. The average molecular weight is 382 g/mol. The van der Waals surface area contributed by atoms with Gasteiger partial charge in [-0.2, -0.15) is 5.26 Å². The van der Waals surface area contributed by atoms with Crippen molar-refractivity contribution in [3.63, 3.8) is 0 Å². The van der Waals surface area contributed by atoms with E-state index in [1.807, 2.05) is 6.07 Å². The van der Waals surface area contributed by atoms with Gasteiger partial charge in [0.05, 0.1) is 22.7 Å². The van der Waals surface area contributed by atoms with Crippen LogP contribution in [0, 0.1) is 18.3 Å². The van der Waals surface area contributed by atoms with Gasteiger partial charge in [-0.1, -0.05) is 11.2 Å². The number of nitrogens with zero attached hydrogens (tertiary/aromatic N) is 2. The summed E-state index contributed by atoms with van der Waals surface area (Å²) in [6, 6.07) is 13.8. The van der Waals surface area contributed by atoms with E-state index in [0.29, 0.717) is 22.7 Å². The monoisotopic (exact) mass is 382 g/mol. The van der Waals surface area contributed by atoms with Gasteiger partial charge in [-0.25, -0.2) is 8.42 Å². The van der Waals surface area contributed by atoms with Crippen LogP contribution in [-0.4, -0.2) is 19.5 Å². The molecule has 0 fully saturated rings. The number of hydrogen-bond acceptors (Lipinski definition) is 6. The minimum atomic E-state index is -3.83. The first-order valence-electron chi connectivity index (χ1n) is 7.75. The summed E-state index contributed by atoms with van der Waals surface area (Å²) >= 11 is 0. The maximum atomic E-state index is 12.4. The van der Waals surface area contributed by atoms with Crippen LogP contribution < -0.4 is 10.0 Å². The molecule has 0 saturated carbocycles. The Hall–Kier alpha value is -3.64. The smallest absolute Gasteiger partial charge is 0.261 e. The number of rotatable bonds is 5. The highest BCUT2D eigenvalue weighted by Gasteiger charge is 2.16. The maximum Gasteiger partial charge on any atom is 0.261 e. The molecule has 0 aliphatic carbocycles. The van der Waals surface area contributed by atoms with Crippen molar-refractivity contribution < 1.29 is 17.7 Å². The number of sulfonamides is 1. The van der Waals surface area contributed by atoms with Crippen molar-refractivity contribution in [1.82, 2.24) is 5.16 Å². The van der Waals surface area contributed by atoms with Gasteiger partial charge in [0.2, 0.25) is 0 Å². The number of anilines is 2. The molecule has 1 amide bonds. The summed E-state index contributed by atoms with van der Waals surface area (Å²) < 4.78 is 32.1. The molecule has 0 spiro atoms. The van der Waals surface area contributed by atoms with Crippen LogP contribution in [0.1, 0.15) is 21.7 Å². The first-order chi connectivity index (χ1) is 12.9. The van der Waals surface area contributed by atoms with E-state index in [9.17, 15) is 13.2 Å². The van der Waals surface area contributed by atoms with Crippen molar-refractivity contribution in [3.05, 3.63) is 71.6 Å². The fraction of sp³-hybridized carbons (Fsp3) is 0.0556. The Morgan fingerprint density at radius 3 is 2.48 bits per heavy atom. The van der Waals surface area contributed by atoms with E-state index < -0.39 is 10.0 Å². The summed E-state index contributed by atoms with van der Waals surface area (Å²) in [4.78, 5) is 12.1. The number of aryl methyl sites for hydroxylation is 1. The summed E-state index contributed by atoms with van der Waals surface area (Å²) in [5.74, 6) is 0.0203. The predicted octanol–water partition coefficient (Wildman–Crippen LogP) is 2.91. The molecule has 3 aromatic rings. The number of aromatic nitrogens is 1. The molecule has 0 saturated heterocycles. The molecule has 1 aromatic heterocycles. The number of carbonyl (C=O) groups excluding carboxylic acids is 1. The van der Waals surface area contributed by atoms with Gasteiger partial charge < -0.3 is 9.84 Å². The van der Waals surface area contributed by atoms with Crippen LogP contribution in [0.25, 0.3) is 0 Å². The van der Waals surface area contributed by atoms with E-state index in [0.717, 1.165) is 0 Å². The third-order valence-corrected chi connectivity index (χ3v) is 5.04. The van der Waals surface area contributed by atoms with E-state index >= 15 is 0 Å². The average Bonchev–Trinajstić information content (AvgIpc) is 3.09. The second-order valence-electron chi connectivity index (χ2n) is 5.57. The van der Waals surface area contributed by atoms with Crippen LogP contribution in [0.3, 0.4) is 0 Å². The number of nitriles is 1. The van der Waals surface area contributed by atoms with Gasteiger partial charge in [0.25, 0.3) is 15.9 Å². The lowest BCUT2D eigenvalue weighted by molar-refractivity contribution is 0.102. The first-order valence-corrected chi connectivity index (χ1v) is 9.23. The van der Waals surface area contributed by atoms with Crippen LogP contribution in [-0.2, 0) is 10.0 Å². The zero-order chi connectivity index (χ0) is 19.4. The van der Waals surface area contributed by atoms with Gasteiger partial charge >= 0.3 is 0 Å². The molecule has 27 heavy (non-hydrogen) atoms. The lowest BCUT2D eigenvalue weighted by atomic mass is 10.2. The lowest BCUT2D eigenvalue weighted by Gasteiger charge is -2.09. The minimum Gasteiger partial charge on any atom is -0.361 e. The Morgan fingerprint density at radius 1 is 1.15 bits per heavy atom. The van der Waals surface area contributed by atoms with Crippen LogP contribution in [0.4, 0.5) is 11.4 Å². The molecular formula is C18H14N4O4S. The summed E-state index contributed by atoms with van der Waals surface area (Å²) in [6.07, 6.45) is 1.32. The van der Waals surface area contributed by atoms with E-state index in [1.54, 1.807) is 19.1 Å². The lowest BCUT2D eigenvalue weighted by Crippen LogP contribution is -2.14. The van der Waals surface area contributed by atoms with Crippen LogP contribution in [0.5, 0.6) is 0 Å². The Balaban J connectivity index is 1.73. The SMILES string of the molecule is Cc1oncc1C(=O)Nc1ccc(NS(=O)(=O)c2cccc(C#N)c2)cc1. The number of carbonyl (C=O) groups is 1. The van der Waals surface area contributed by atoms with E-state index in [4.69, 9.17) is 9.78 Å². The zero-order valence-corrected chi connectivity index (χ0v) is 14.9. The molecule has 0 aliphatic heterocycles. The summed E-state index contributed by atoms with van der Waals surface area (Å²) in [7, 11) is -3.83. The predicted molar refractivity (Wildman–Crippen MR) is 97.6 cm³/mol. The molecule has 8 nitrogen and oxygen atoms in total. The zero-order valence-electron chi connectivity index (χ0n) is 14.1. The third kappa shape index (κ3) is 4.13. The van der Waals surface area contributed by atoms with Crippen molar-refractivity contribution in [1.29, 1.82) is 5.26 Å². The number of hydrogen-bond donors (Lipinski definition) is 2. The van der Waals surface area contributed by atoms with Crippen LogP contribution in [0.2, 0.25) is 0 Å². The van der Waals surface area contributed by atoms with Crippen molar-refractivity contribution in [3.8, 4) is 6.07 Å². The maximum absolute atomic E-state index is 12.4. The fourth-order valence-electron chi connectivity index (χ4n) is 2.28. The fourth-order valence-corrected chi connectivity index (χ4v) is 3.39. The van der Waals surface area contributed by atoms with Gasteiger partial charge in [0.1, 0.15) is 11.3 Å². The van der Waals surface area contributed by atoms with Crippen molar-refractivity contribution in [2.24, 2.45) is 0 Å². The van der Waals surface area contributed by atoms with Crippen molar-refractivity contribution in [2.45, 2.75) is 11.8 Å². The molecule has 0 aliphatic rings. The molecule has 9 heteroatoms. The molecule has 1 heterocycles. The number of benzene rings is 2. The second-order valence-corrected chi connectivity index (χ2v) is 7.25. The quantitative estimate of drug-likeness (QED) is 0.699. The van der Waals surface area contributed by atoms with E-state index in [2.05, 4.69) is 15.2 Å². The standard InChI is InChI=1S/C18H14N4O4S/c1-12-17(11-20-26-12)18(23)21-14-5-7-15(8-6-14)22-27(24,25)16-4-2-3-13(9-16)10-19/h2-9,11,22H,1H3,(H,21,23). The largest absolute Gasteiger partial charge is 0.361 e. The van der Waals surface area contributed by atoms with Gasteiger partial charge in [-0.05, 0) is 49.4 Å². The Bertz CT molecular complexity index is 1130. The molecule has 2 N–H and O–H groups in total. The van der Waals surface area contributed by atoms with Gasteiger partial charge in [-0.15, -0.1) is 0 Å². The molecule has 136 valence electrons. The molecule has 2 aromatic carbocycles. The third-order valence-electron chi connectivity index (χ3n) is 3.66. The van der Waals surface area contributed by atoms with Gasteiger partial charge in [0.15, 0.2) is 0 Å². The van der Waals surface area contributed by atoms with E-state index in [1.165, 1.54) is 42.6 Å². The van der Waals surface area contributed by atoms with Gasteiger partial charge in [-0.3, -0.25) is 9.52 Å². The topological polar surface area (TPSA) is 125 Å². The normalized spacial score (nSPS) is 10.8. The molecule has 3 rings (SSSR count). The Kier molecular flexibility index (Phi) is 4.92. The molecule has 0 radical (unpaired) electrons. The second kappa shape index (κ2) is 7.31. The molecule has 0 atom stereocenters. The van der Waals surface area contributed by atoms with Gasteiger partial charge in [0, 0.05) is 11.4 Å². The molecular weight excluding hydrogens is 368 g/mol. The van der Waals surface area contributed by atoms with E-state index in [-0.39, 0.29) is 16.4 Å². The number of amides is 1. The van der Waals surface area contributed by atoms with Crippen molar-refractivity contribution in [2.75, 3.05) is 10.0 Å². The van der Waals surface area contributed by atoms with Crippen LogP contribution >= 0.6 is 0 Å². The van der Waals surface area contributed by atoms with Crippen LogP contribution in [0.15, 0.2) is 64.1 Å². The molecule has 0 bridgehead atoms. The summed E-state index contributed by atoms with van der Waals surface area (Å²) in [6.45, 7) is 1.63. The summed E-state index contributed by atoms with van der Waals surface area (Å²) in [5.41, 5.74) is 1.36. The highest BCUT2D eigenvalue weighted by Crippen LogP contribution is 2.20. The summed E-state index contributed by atoms with van der Waals surface area (Å²) in [5, 5.41) is 15.1. The first kappa shape index (κ1) is 18.2. The van der Waals surface area contributed by atoms with Crippen molar-refractivity contribution >= 4 is 27.3 Å². The Labute approximate surface area is 155 Å². The highest BCUT2D eigenvalue weighted by atomic mass is 32.2. The Morgan fingerprint density at radius 2 is 1.85 bits per heavy atom. The highest BCUT2D eigenvalue weighted by molar-refractivity contribution is 7.92. The number of nitrogens with one attached hydrogen (secondary N) is 2. The molecule has 0 unspecified atom stereocenters.